The van der Waals surface area contributed by atoms with Crippen molar-refractivity contribution in [2.45, 2.75) is 31.1 Å². The summed E-state index contributed by atoms with van der Waals surface area (Å²) in [6.07, 6.45) is 1.84. The number of hydrogen-bond acceptors (Lipinski definition) is 3. The van der Waals surface area contributed by atoms with E-state index in [2.05, 4.69) is 5.32 Å². The Kier molecular flexibility index (Phi) is 5.45. The first-order chi connectivity index (χ1) is 10.4. The van der Waals surface area contributed by atoms with E-state index in [0.717, 1.165) is 24.0 Å². The SMILES string of the molecule is C[C@H](NC(=O)CS[C@H]1CCc2ccc(F)cc21)C(=O)N(C)C. The number of likely N-dealkylation sites (N-methyl/N-ethyl adjacent to an activating group) is 1. The zero-order chi connectivity index (χ0) is 16.3. The van der Waals surface area contributed by atoms with Gasteiger partial charge >= 0.3 is 0 Å². The minimum absolute atomic E-state index is 0.133. The zero-order valence-corrected chi connectivity index (χ0v) is 13.9. The number of carbonyl (C=O) groups is 2. The molecule has 1 N–H and O–H groups in total. The van der Waals surface area contributed by atoms with Crippen LogP contribution in [0.1, 0.15) is 29.7 Å². The Hall–Kier alpha value is -1.56. The van der Waals surface area contributed by atoms with Gasteiger partial charge < -0.3 is 10.2 Å². The summed E-state index contributed by atoms with van der Waals surface area (Å²) in [6.45, 7) is 1.67. The summed E-state index contributed by atoms with van der Waals surface area (Å²) in [5.41, 5.74) is 2.16. The first kappa shape index (κ1) is 16.8. The van der Waals surface area contributed by atoms with Gasteiger partial charge in [0.15, 0.2) is 0 Å². The molecule has 0 fully saturated rings. The van der Waals surface area contributed by atoms with Crippen LogP contribution in [0.2, 0.25) is 0 Å². The van der Waals surface area contributed by atoms with Gasteiger partial charge in [-0.05, 0) is 43.0 Å². The van der Waals surface area contributed by atoms with Gasteiger partial charge in [-0.25, -0.2) is 4.39 Å². The van der Waals surface area contributed by atoms with E-state index < -0.39 is 6.04 Å². The Bertz CT molecular complexity index is 577. The van der Waals surface area contributed by atoms with Crippen molar-refractivity contribution < 1.29 is 14.0 Å². The maximum Gasteiger partial charge on any atom is 0.244 e. The van der Waals surface area contributed by atoms with Crippen molar-refractivity contribution >= 4 is 23.6 Å². The van der Waals surface area contributed by atoms with Crippen LogP contribution in [-0.4, -0.2) is 42.6 Å². The molecule has 22 heavy (non-hydrogen) atoms. The molecule has 2 rings (SSSR count). The van der Waals surface area contributed by atoms with E-state index in [4.69, 9.17) is 0 Å². The minimum Gasteiger partial charge on any atom is -0.347 e. The van der Waals surface area contributed by atoms with Gasteiger partial charge in [0.05, 0.1) is 5.75 Å². The van der Waals surface area contributed by atoms with Gasteiger partial charge in [0.1, 0.15) is 11.9 Å². The van der Waals surface area contributed by atoms with Crippen molar-refractivity contribution in [2.24, 2.45) is 0 Å². The molecule has 1 aliphatic rings. The van der Waals surface area contributed by atoms with Crippen LogP contribution in [0, 0.1) is 5.82 Å². The second kappa shape index (κ2) is 7.13. The molecule has 1 aromatic carbocycles. The molecule has 120 valence electrons. The number of nitrogens with zero attached hydrogens (tertiary/aromatic N) is 1. The third kappa shape index (κ3) is 4.00. The average Bonchev–Trinajstić information content (AvgIpc) is 2.86. The van der Waals surface area contributed by atoms with Crippen molar-refractivity contribution in [3.8, 4) is 0 Å². The number of fused-ring (bicyclic) bond motifs is 1. The lowest BCUT2D eigenvalue weighted by molar-refractivity contribution is -0.133. The van der Waals surface area contributed by atoms with E-state index in [-0.39, 0.29) is 28.6 Å². The molecule has 0 aliphatic heterocycles. The first-order valence-electron chi connectivity index (χ1n) is 7.29. The van der Waals surface area contributed by atoms with Gasteiger partial charge in [-0.2, -0.15) is 0 Å². The lowest BCUT2D eigenvalue weighted by atomic mass is 10.1. The van der Waals surface area contributed by atoms with Crippen molar-refractivity contribution in [3.05, 3.63) is 35.1 Å². The normalized spacial score (nSPS) is 17.7. The Balaban J connectivity index is 1.86. The van der Waals surface area contributed by atoms with Crippen LogP contribution in [0.5, 0.6) is 0 Å². The molecule has 1 aliphatic carbocycles. The zero-order valence-electron chi connectivity index (χ0n) is 13.1. The second-order valence-corrected chi connectivity index (χ2v) is 6.89. The van der Waals surface area contributed by atoms with Crippen LogP contribution in [0.3, 0.4) is 0 Å². The van der Waals surface area contributed by atoms with E-state index >= 15 is 0 Å². The van der Waals surface area contributed by atoms with Crippen molar-refractivity contribution in [1.29, 1.82) is 0 Å². The molecule has 0 heterocycles. The number of rotatable bonds is 5. The minimum atomic E-state index is -0.531. The summed E-state index contributed by atoms with van der Waals surface area (Å²) in [6, 6.07) is 4.34. The fourth-order valence-corrected chi connectivity index (χ4v) is 3.74. The van der Waals surface area contributed by atoms with E-state index in [1.54, 1.807) is 27.1 Å². The van der Waals surface area contributed by atoms with Crippen LogP contribution in [0.4, 0.5) is 4.39 Å². The Labute approximate surface area is 134 Å². The highest BCUT2D eigenvalue weighted by atomic mass is 32.2. The largest absolute Gasteiger partial charge is 0.347 e. The number of aryl methyl sites for hydroxylation is 1. The number of amides is 2. The third-order valence-electron chi connectivity index (χ3n) is 3.73. The number of nitrogens with one attached hydrogen (secondary N) is 1. The van der Waals surface area contributed by atoms with Crippen molar-refractivity contribution in [2.75, 3.05) is 19.8 Å². The molecule has 6 heteroatoms. The summed E-state index contributed by atoms with van der Waals surface area (Å²) < 4.78 is 13.3. The second-order valence-electron chi connectivity index (χ2n) is 5.70. The smallest absolute Gasteiger partial charge is 0.244 e. The van der Waals surface area contributed by atoms with Crippen LogP contribution < -0.4 is 5.32 Å². The molecule has 0 saturated carbocycles. The lowest BCUT2D eigenvalue weighted by Gasteiger charge is -2.18. The van der Waals surface area contributed by atoms with E-state index in [1.807, 2.05) is 6.07 Å². The molecule has 0 unspecified atom stereocenters. The van der Waals surface area contributed by atoms with Gasteiger partial charge in [-0.15, -0.1) is 11.8 Å². The molecule has 1 aromatic rings. The fourth-order valence-electron chi connectivity index (χ4n) is 2.62. The number of hydrogen-bond donors (Lipinski definition) is 1. The number of thioether (sulfide) groups is 1. The summed E-state index contributed by atoms with van der Waals surface area (Å²) >= 11 is 1.50. The molecular formula is C16H21FN2O2S. The predicted octanol–water partition coefficient (Wildman–Crippen LogP) is 2.14. The fraction of sp³-hybridized carbons (Fsp3) is 0.500. The summed E-state index contributed by atoms with van der Waals surface area (Å²) in [4.78, 5) is 25.1. The maximum absolute atomic E-state index is 13.3. The topological polar surface area (TPSA) is 49.4 Å². The molecule has 0 aromatic heterocycles. The van der Waals surface area contributed by atoms with E-state index in [1.165, 1.54) is 22.7 Å². The Morgan fingerprint density at radius 1 is 1.45 bits per heavy atom. The lowest BCUT2D eigenvalue weighted by Crippen LogP contribution is -2.44. The van der Waals surface area contributed by atoms with Gasteiger partial charge in [0, 0.05) is 19.3 Å². The standard InChI is InChI=1S/C16H21FN2O2S/c1-10(16(21)19(2)3)18-15(20)9-22-14-7-5-11-4-6-12(17)8-13(11)14/h4,6,8,10,14H,5,7,9H2,1-3H3,(H,18,20)/t10-,14-/m0/s1. The van der Waals surface area contributed by atoms with Crippen molar-refractivity contribution in [1.82, 2.24) is 10.2 Å². The number of halogens is 1. The van der Waals surface area contributed by atoms with Gasteiger partial charge in [-0.1, -0.05) is 6.07 Å². The summed E-state index contributed by atoms with van der Waals surface area (Å²) in [5.74, 6) is -0.267. The van der Waals surface area contributed by atoms with Gasteiger partial charge in [0.2, 0.25) is 11.8 Å². The molecule has 0 saturated heterocycles. The molecule has 0 radical (unpaired) electrons. The molecule has 2 amide bonds. The molecule has 0 spiro atoms. The van der Waals surface area contributed by atoms with E-state index in [9.17, 15) is 14.0 Å². The first-order valence-corrected chi connectivity index (χ1v) is 8.34. The quantitative estimate of drug-likeness (QED) is 0.903. The van der Waals surface area contributed by atoms with Crippen LogP contribution >= 0.6 is 11.8 Å². The van der Waals surface area contributed by atoms with E-state index in [0.29, 0.717) is 0 Å². The highest BCUT2D eigenvalue weighted by molar-refractivity contribution is 8.00. The summed E-state index contributed by atoms with van der Waals surface area (Å²) in [5, 5.41) is 2.84. The van der Waals surface area contributed by atoms with Gasteiger partial charge in [-0.3, -0.25) is 9.59 Å². The van der Waals surface area contributed by atoms with Crippen LogP contribution in [-0.2, 0) is 16.0 Å². The highest BCUT2D eigenvalue weighted by Crippen LogP contribution is 2.41. The molecule has 0 bridgehead atoms. The highest BCUT2D eigenvalue weighted by Gasteiger charge is 2.25. The van der Waals surface area contributed by atoms with Crippen LogP contribution in [0.25, 0.3) is 0 Å². The molecular weight excluding hydrogens is 303 g/mol. The third-order valence-corrected chi connectivity index (χ3v) is 5.06. The molecule has 4 nitrogen and oxygen atoms in total. The Morgan fingerprint density at radius 3 is 2.86 bits per heavy atom. The predicted molar refractivity (Wildman–Crippen MR) is 86.2 cm³/mol. The molecule has 2 atom stereocenters. The van der Waals surface area contributed by atoms with Crippen LogP contribution in [0.15, 0.2) is 18.2 Å². The summed E-state index contributed by atoms with van der Waals surface area (Å²) in [7, 11) is 3.31. The average molecular weight is 324 g/mol. The number of benzene rings is 1. The monoisotopic (exact) mass is 324 g/mol. The maximum atomic E-state index is 13.3. The Morgan fingerprint density at radius 2 is 2.18 bits per heavy atom. The number of carbonyl (C=O) groups excluding carboxylic acids is 2. The van der Waals surface area contributed by atoms with Crippen molar-refractivity contribution in [3.63, 3.8) is 0 Å². The van der Waals surface area contributed by atoms with Gasteiger partial charge in [0.25, 0.3) is 0 Å².